The fourth-order valence-electron chi connectivity index (χ4n) is 1.49. The Bertz CT molecular complexity index is 601. The van der Waals surface area contributed by atoms with Crippen LogP contribution in [0.15, 0.2) is 41.1 Å². The summed E-state index contributed by atoms with van der Waals surface area (Å²) >= 11 is 8.35. The van der Waals surface area contributed by atoms with E-state index in [0.717, 1.165) is 15.6 Å². The van der Waals surface area contributed by atoms with Crippen molar-refractivity contribution in [1.82, 2.24) is 4.98 Å². The molecule has 0 atom stereocenters. The van der Waals surface area contributed by atoms with Gasteiger partial charge in [-0.25, -0.2) is 0 Å². The Morgan fingerprint density at radius 1 is 1.33 bits per heavy atom. The van der Waals surface area contributed by atoms with E-state index in [2.05, 4.69) is 20.9 Å². The summed E-state index contributed by atoms with van der Waals surface area (Å²) in [5, 5.41) is 0. The first kappa shape index (κ1) is 13.0. The highest BCUT2D eigenvalue weighted by atomic mass is 79.9. The van der Waals surface area contributed by atoms with Gasteiger partial charge in [0.1, 0.15) is 16.5 Å². The second-order valence-electron chi connectivity index (χ2n) is 3.80. The van der Waals surface area contributed by atoms with Crippen LogP contribution in [0, 0.1) is 6.92 Å². The lowest BCUT2D eigenvalue weighted by atomic mass is 10.1. The van der Waals surface area contributed by atoms with Gasteiger partial charge in [-0.1, -0.05) is 18.3 Å². The number of ether oxygens (including phenoxy) is 1. The second-order valence-corrected chi connectivity index (χ2v) is 5.16. The SMILES string of the molecule is Cc1ccc(C(N)=S)c(Oc2cncc(Br)c2)c1. The van der Waals surface area contributed by atoms with Gasteiger partial charge in [0.15, 0.2) is 0 Å². The van der Waals surface area contributed by atoms with Crippen LogP contribution in [0.1, 0.15) is 11.1 Å². The number of aryl methyl sites for hydroxylation is 1. The van der Waals surface area contributed by atoms with Crippen molar-refractivity contribution >= 4 is 33.1 Å². The Hall–Kier alpha value is -1.46. The summed E-state index contributed by atoms with van der Waals surface area (Å²) in [6, 6.07) is 7.53. The number of thiocarbonyl (C=S) groups is 1. The van der Waals surface area contributed by atoms with E-state index in [4.69, 9.17) is 22.7 Å². The summed E-state index contributed by atoms with van der Waals surface area (Å²) in [5.74, 6) is 1.27. The van der Waals surface area contributed by atoms with E-state index in [9.17, 15) is 0 Å². The fraction of sp³-hybridized carbons (Fsp3) is 0.0769. The molecule has 1 heterocycles. The van der Waals surface area contributed by atoms with Crippen molar-refractivity contribution in [2.45, 2.75) is 6.92 Å². The van der Waals surface area contributed by atoms with E-state index in [1.165, 1.54) is 0 Å². The maximum atomic E-state index is 5.77. The molecule has 0 aliphatic heterocycles. The fourth-order valence-corrected chi connectivity index (χ4v) is 2.01. The molecule has 1 aromatic heterocycles. The Balaban J connectivity index is 2.39. The number of hydrogen-bond acceptors (Lipinski definition) is 3. The van der Waals surface area contributed by atoms with E-state index in [1.54, 1.807) is 12.4 Å². The van der Waals surface area contributed by atoms with Gasteiger partial charge in [0.25, 0.3) is 0 Å². The third-order valence-corrected chi connectivity index (χ3v) is 2.96. The first-order valence-electron chi connectivity index (χ1n) is 5.25. The Labute approximate surface area is 119 Å². The summed E-state index contributed by atoms with van der Waals surface area (Å²) < 4.78 is 6.62. The first-order valence-corrected chi connectivity index (χ1v) is 6.45. The average Bonchev–Trinajstić information content (AvgIpc) is 2.28. The Kier molecular flexibility index (Phi) is 3.93. The zero-order valence-electron chi connectivity index (χ0n) is 9.68. The third-order valence-electron chi connectivity index (χ3n) is 2.31. The number of halogens is 1. The van der Waals surface area contributed by atoms with Crippen LogP contribution in [-0.2, 0) is 0 Å². The first-order chi connectivity index (χ1) is 8.56. The van der Waals surface area contributed by atoms with Crippen LogP contribution >= 0.6 is 28.1 Å². The maximum absolute atomic E-state index is 5.77. The van der Waals surface area contributed by atoms with Crippen molar-refractivity contribution in [2.24, 2.45) is 5.73 Å². The number of nitrogens with zero attached hydrogens (tertiary/aromatic N) is 1. The van der Waals surface area contributed by atoms with Crippen molar-refractivity contribution < 1.29 is 4.74 Å². The zero-order valence-corrected chi connectivity index (χ0v) is 12.1. The topological polar surface area (TPSA) is 48.1 Å². The van der Waals surface area contributed by atoms with Crippen LogP contribution in [0.25, 0.3) is 0 Å². The predicted molar refractivity (Wildman–Crippen MR) is 79.1 cm³/mol. The van der Waals surface area contributed by atoms with Crippen molar-refractivity contribution in [3.8, 4) is 11.5 Å². The molecule has 0 radical (unpaired) electrons. The maximum Gasteiger partial charge on any atom is 0.146 e. The summed E-state index contributed by atoms with van der Waals surface area (Å²) in [6.45, 7) is 1.98. The smallest absolute Gasteiger partial charge is 0.146 e. The molecule has 1 aromatic carbocycles. The van der Waals surface area contributed by atoms with Crippen LogP contribution < -0.4 is 10.5 Å². The Morgan fingerprint density at radius 3 is 2.78 bits per heavy atom. The van der Waals surface area contributed by atoms with E-state index in [0.29, 0.717) is 16.5 Å². The number of nitrogens with two attached hydrogens (primary N) is 1. The molecule has 0 fully saturated rings. The molecule has 18 heavy (non-hydrogen) atoms. The van der Waals surface area contributed by atoms with Crippen LogP contribution in [0.4, 0.5) is 0 Å². The molecule has 2 aromatic rings. The monoisotopic (exact) mass is 322 g/mol. The molecule has 0 saturated heterocycles. The standard InChI is InChI=1S/C13H11BrN2OS/c1-8-2-3-11(13(15)18)12(4-8)17-10-5-9(14)6-16-7-10/h2-7H,1H3,(H2,15,18). The summed E-state index contributed by atoms with van der Waals surface area (Å²) in [4.78, 5) is 4.35. The zero-order chi connectivity index (χ0) is 13.1. The third kappa shape index (κ3) is 3.05. The van der Waals surface area contributed by atoms with Gasteiger partial charge < -0.3 is 10.5 Å². The highest BCUT2D eigenvalue weighted by Crippen LogP contribution is 2.27. The minimum atomic E-state index is 0.313. The van der Waals surface area contributed by atoms with E-state index >= 15 is 0 Å². The van der Waals surface area contributed by atoms with Gasteiger partial charge in [-0.05, 0) is 46.6 Å². The molecule has 0 aliphatic carbocycles. The van der Waals surface area contributed by atoms with E-state index in [1.807, 2.05) is 31.2 Å². The number of hydrogen-bond donors (Lipinski definition) is 1. The Morgan fingerprint density at radius 2 is 2.11 bits per heavy atom. The molecule has 0 amide bonds. The quantitative estimate of drug-likeness (QED) is 0.877. The van der Waals surface area contributed by atoms with Gasteiger partial charge >= 0.3 is 0 Å². The van der Waals surface area contributed by atoms with Crippen LogP contribution in [0.2, 0.25) is 0 Å². The molecule has 0 aliphatic rings. The van der Waals surface area contributed by atoms with Gasteiger partial charge in [-0.3, -0.25) is 4.98 Å². The van der Waals surface area contributed by atoms with E-state index in [-0.39, 0.29) is 0 Å². The predicted octanol–water partition coefficient (Wildman–Crippen LogP) is 3.58. The molecule has 3 nitrogen and oxygen atoms in total. The molecule has 0 spiro atoms. The van der Waals surface area contributed by atoms with Gasteiger partial charge in [0.2, 0.25) is 0 Å². The van der Waals surface area contributed by atoms with Crippen molar-refractivity contribution in [1.29, 1.82) is 0 Å². The van der Waals surface area contributed by atoms with Crippen molar-refractivity contribution in [3.05, 3.63) is 52.3 Å². The summed E-state index contributed by atoms with van der Waals surface area (Å²) in [6.07, 6.45) is 3.33. The number of pyridine rings is 1. The van der Waals surface area contributed by atoms with Crippen molar-refractivity contribution in [3.63, 3.8) is 0 Å². The van der Waals surface area contributed by atoms with Gasteiger partial charge in [-0.15, -0.1) is 0 Å². The van der Waals surface area contributed by atoms with Crippen LogP contribution in [-0.4, -0.2) is 9.97 Å². The molecule has 0 saturated carbocycles. The lowest BCUT2D eigenvalue weighted by Crippen LogP contribution is -2.10. The number of benzene rings is 1. The van der Waals surface area contributed by atoms with Crippen LogP contribution in [0.3, 0.4) is 0 Å². The normalized spacial score (nSPS) is 10.1. The lowest BCUT2D eigenvalue weighted by Gasteiger charge is -2.11. The highest BCUT2D eigenvalue weighted by molar-refractivity contribution is 9.10. The molecule has 2 rings (SSSR count). The number of aromatic nitrogens is 1. The van der Waals surface area contributed by atoms with Gasteiger partial charge in [0, 0.05) is 10.7 Å². The van der Waals surface area contributed by atoms with Gasteiger partial charge in [0.05, 0.1) is 11.8 Å². The molecule has 2 N–H and O–H groups in total. The number of rotatable bonds is 3. The highest BCUT2D eigenvalue weighted by Gasteiger charge is 2.08. The minimum absolute atomic E-state index is 0.313. The summed E-state index contributed by atoms with van der Waals surface area (Å²) in [5.41, 5.74) is 7.47. The summed E-state index contributed by atoms with van der Waals surface area (Å²) in [7, 11) is 0. The average molecular weight is 323 g/mol. The van der Waals surface area contributed by atoms with Gasteiger partial charge in [-0.2, -0.15) is 0 Å². The molecule has 0 bridgehead atoms. The van der Waals surface area contributed by atoms with Crippen molar-refractivity contribution in [2.75, 3.05) is 0 Å². The minimum Gasteiger partial charge on any atom is -0.455 e. The molecular weight excluding hydrogens is 312 g/mol. The largest absolute Gasteiger partial charge is 0.455 e. The second kappa shape index (κ2) is 5.46. The molecular formula is C13H11BrN2OS. The molecule has 92 valence electrons. The van der Waals surface area contributed by atoms with E-state index < -0.39 is 0 Å². The molecule has 0 unspecified atom stereocenters. The lowest BCUT2D eigenvalue weighted by molar-refractivity contribution is 0.478. The van der Waals surface area contributed by atoms with Crippen LogP contribution in [0.5, 0.6) is 11.5 Å². The molecule has 5 heteroatoms.